The van der Waals surface area contributed by atoms with Gasteiger partial charge < -0.3 is 5.11 Å². The van der Waals surface area contributed by atoms with E-state index in [0.29, 0.717) is 0 Å². The Labute approximate surface area is 134 Å². The maximum atomic E-state index is 10.5. The lowest BCUT2D eigenvalue weighted by Gasteiger charge is -2.36. The summed E-state index contributed by atoms with van der Waals surface area (Å²) in [5.41, 5.74) is 2.54. The van der Waals surface area contributed by atoms with Crippen LogP contribution in [0.5, 0.6) is 0 Å². The van der Waals surface area contributed by atoms with Crippen molar-refractivity contribution in [1.29, 1.82) is 0 Å². The third-order valence-corrected chi connectivity index (χ3v) is 4.69. The Morgan fingerprint density at radius 3 is 2.62 bits per heavy atom. The molecule has 0 unspecified atom stereocenters. The smallest absolute Gasteiger partial charge is 0.0736 e. The fourth-order valence-corrected chi connectivity index (χ4v) is 3.53. The molecule has 2 aromatic rings. The third-order valence-electron chi connectivity index (χ3n) is 4.19. The second-order valence-corrected chi connectivity index (χ2v) is 6.65. The quantitative estimate of drug-likeness (QED) is 0.914. The van der Waals surface area contributed by atoms with Crippen LogP contribution in [0.4, 0.5) is 0 Å². The largest absolute Gasteiger partial charge is 0.391 e. The van der Waals surface area contributed by atoms with Gasteiger partial charge in [0.2, 0.25) is 0 Å². The van der Waals surface area contributed by atoms with Crippen molar-refractivity contribution >= 4 is 15.9 Å². The average Bonchev–Trinajstić information content (AvgIpc) is 2.48. The van der Waals surface area contributed by atoms with E-state index in [-0.39, 0.29) is 12.0 Å². The first-order chi connectivity index (χ1) is 10.2. The van der Waals surface area contributed by atoms with Gasteiger partial charge in [-0.3, -0.25) is 4.90 Å². The van der Waals surface area contributed by atoms with E-state index in [9.17, 15) is 5.11 Å². The molecule has 1 aliphatic rings. The van der Waals surface area contributed by atoms with Crippen molar-refractivity contribution in [2.24, 2.45) is 0 Å². The van der Waals surface area contributed by atoms with Crippen LogP contribution < -0.4 is 0 Å². The van der Waals surface area contributed by atoms with Gasteiger partial charge in [0.1, 0.15) is 0 Å². The standard InChI is InChI=1S/C18H20BrNO/c19-16-8-4-7-15(11-16)17-9-10-20(13-18(17)21)12-14-5-2-1-3-6-14/h1-8,11,17-18,21H,9-10,12-13H2/t17-,18+/m1/s1. The van der Waals surface area contributed by atoms with Gasteiger partial charge in [0, 0.05) is 23.5 Å². The Morgan fingerprint density at radius 2 is 1.90 bits per heavy atom. The van der Waals surface area contributed by atoms with Crippen LogP contribution in [-0.2, 0) is 6.54 Å². The summed E-state index contributed by atoms with van der Waals surface area (Å²) in [5, 5.41) is 10.5. The molecule has 21 heavy (non-hydrogen) atoms. The van der Waals surface area contributed by atoms with Gasteiger partial charge in [-0.05, 0) is 36.2 Å². The van der Waals surface area contributed by atoms with Gasteiger partial charge in [0.25, 0.3) is 0 Å². The van der Waals surface area contributed by atoms with Gasteiger partial charge >= 0.3 is 0 Å². The van der Waals surface area contributed by atoms with E-state index in [1.807, 2.05) is 18.2 Å². The summed E-state index contributed by atoms with van der Waals surface area (Å²) in [6, 6.07) is 18.8. The number of hydrogen-bond acceptors (Lipinski definition) is 2. The van der Waals surface area contributed by atoms with E-state index < -0.39 is 0 Å². The van der Waals surface area contributed by atoms with E-state index in [0.717, 1.165) is 30.5 Å². The Hall–Kier alpha value is -1.16. The zero-order chi connectivity index (χ0) is 14.7. The van der Waals surface area contributed by atoms with Crippen LogP contribution in [0.25, 0.3) is 0 Å². The van der Waals surface area contributed by atoms with Crippen LogP contribution in [0.15, 0.2) is 59.1 Å². The summed E-state index contributed by atoms with van der Waals surface area (Å²) < 4.78 is 1.08. The number of halogens is 1. The lowest BCUT2D eigenvalue weighted by Crippen LogP contribution is -2.42. The first-order valence-electron chi connectivity index (χ1n) is 7.42. The minimum Gasteiger partial charge on any atom is -0.391 e. The second kappa shape index (κ2) is 6.73. The number of β-amino-alcohol motifs (C(OH)–C–C–N with tert-alkyl or cyclic N) is 1. The van der Waals surface area contributed by atoms with Gasteiger partial charge in [-0.1, -0.05) is 58.4 Å². The van der Waals surface area contributed by atoms with E-state index >= 15 is 0 Å². The molecular weight excluding hydrogens is 326 g/mol. The first kappa shape index (κ1) is 14.8. The highest BCUT2D eigenvalue weighted by molar-refractivity contribution is 9.10. The van der Waals surface area contributed by atoms with Crippen molar-refractivity contribution in [3.05, 3.63) is 70.2 Å². The molecule has 1 heterocycles. The third kappa shape index (κ3) is 3.73. The van der Waals surface area contributed by atoms with E-state index in [1.54, 1.807) is 0 Å². The molecule has 0 bridgehead atoms. The number of hydrogen-bond donors (Lipinski definition) is 1. The molecule has 0 amide bonds. The fraction of sp³-hybridized carbons (Fsp3) is 0.333. The summed E-state index contributed by atoms with van der Waals surface area (Å²) in [6.45, 7) is 2.69. The molecule has 0 aliphatic carbocycles. The van der Waals surface area contributed by atoms with Crippen molar-refractivity contribution in [3.8, 4) is 0 Å². The summed E-state index contributed by atoms with van der Waals surface area (Å²) >= 11 is 3.51. The molecule has 3 rings (SSSR count). The molecule has 1 N–H and O–H groups in total. The van der Waals surface area contributed by atoms with Gasteiger partial charge in [-0.2, -0.15) is 0 Å². The minimum atomic E-state index is -0.295. The molecule has 1 saturated heterocycles. The molecule has 0 saturated carbocycles. The molecule has 2 aromatic carbocycles. The normalized spacial score (nSPS) is 23.1. The van der Waals surface area contributed by atoms with Crippen LogP contribution in [-0.4, -0.2) is 29.2 Å². The van der Waals surface area contributed by atoms with Crippen LogP contribution >= 0.6 is 15.9 Å². The van der Waals surface area contributed by atoms with Crippen molar-refractivity contribution in [1.82, 2.24) is 4.90 Å². The Balaban J connectivity index is 1.64. The highest BCUT2D eigenvalue weighted by atomic mass is 79.9. The van der Waals surface area contributed by atoms with Crippen LogP contribution in [0.2, 0.25) is 0 Å². The predicted octanol–water partition coefficient (Wildman–Crippen LogP) is 3.80. The SMILES string of the molecule is O[C@H]1CN(Cc2ccccc2)CC[C@@H]1c1cccc(Br)c1. The van der Waals surface area contributed by atoms with Crippen LogP contribution in [0, 0.1) is 0 Å². The number of aliphatic hydroxyl groups excluding tert-OH is 1. The van der Waals surface area contributed by atoms with Crippen LogP contribution in [0.1, 0.15) is 23.5 Å². The molecular formula is C18H20BrNO. The van der Waals surface area contributed by atoms with Gasteiger partial charge in [-0.25, -0.2) is 0 Å². The van der Waals surface area contributed by atoms with Crippen molar-refractivity contribution in [2.45, 2.75) is 25.0 Å². The molecule has 3 heteroatoms. The zero-order valence-corrected chi connectivity index (χ0v) is 13.5. The van der Waals surface area contributed by atoms with Crippen molar-refractivity contribution < 1.29 is 5.11 Å². The van der Waals surface area contributed by atoms with E-state index in [4.69, 9.17) is 0 Å². The molecule has 0 aromatic heterocycles. The summed E-state index contributed by atoms with van der Waals surface area (Å²) in [4.78, 5) is 2.34. The summed E-state index contributed by atoms with van der Waals surface area (Å²) in [7, 11) is 0. The number of aliphatic hydroxyl groups is 1. The number of likely N-dealkylation sites (tertiary alicyclic amines) is 1. The number of nitrogens with zero attached hydrogens (tertiary/aromatic N) is 1. The lowest BCUT2D eigenvalue weighted by atomic mass is 9.87. The molecule has 0 radical (unpaired) electrons. The maximum absolute atomic E-state index is 10.5. The maximum Gasteiger partial charge on any atom is 0.0736 e. The van der Waals surface area contributed by atoms with E-state index in [2.05, 4.69) is 57.2 Å². The molecule has 1 fully saturated rings. The number of piperidine rings is 1. The lowest BCUT2D eigenvalue weighted by molar-refractivity contribution is 0.0477. The molecule has 2 atom stereocenters. The van der Waals surface area contributed by atoms with E-state index in [1.165, 1.54) is 11.1 Å². The predicted molar refractivity (Wildman–Crippen MR) is 89.2 cm³/mol. The highest BCUT2D eigenvalue weighted by Gasteiger charge is 2.28. The fourth-order valence-electron chi connectivity index (χ4n) is 3.11. The average molecular weight is 346 g/mol. The Morgan fingerprint density at radius 1 is 1.10 bits per heavy atom. The Kier molecular flexibility index (Phi) is 4.73. The molecule has 2 nitrogen and oxygen atoms in total. The first-order valence-corrected chi connectivity index (χ1v) is 8.21. The monoisotopic (exact) mass is 345 g/mol. The molecule has 1 aliphatic heterocycles. The van der Waals surface area contributed by atoms with Crippen LogP contribution in [0.3, 0.4) is 0 Å². The molecule has 110 valence electrons. The van der Waals surface area contributed by atoms with Crippen molar-refractivity contribution in [2.75, 3.05) is 13.1 Å². The summed E-state index contributed by atoms with van der Waals surface area (Å²) in [6.07, 6.45) is 0.710. The highest BCUT2D eigenvalue weighted by Crippen LogP contribution is 2.30. The molecule has 0 spiro atoms. The zero-order valence-electron chi connectivity index (χ0n) is 12.0. The minimum absolute atomic E-state index is 0.245. The van der Waals surface area contributed by atoms with Gasteiger partial charge in [0.05, 0.1) is 6.10 Å². The number of rotatable bonds is 3. The second-order valence-electron chi connectivity index (χ2n) is 5.74. The Bertz CT molecular complexity index is 587. The topological polar surface area (TPSA) is 23.5 Å². The number of benzene rings is 2. The summed E-state index contributed by atoms with van der Waals surface area (Å²) in [5.74, 6) is 0.245. The van der Waals surface area contributed by atoms with Gasteiger partial charge in [-0.15, -0.1) is 0 Å². The van der Waals surface area contributed by atoms with Gasteiger partial charge in [0.15, 0.2) is 0 Å². The van der Waals surface area contributed by atoms with Crippen molar-refractivity contribution in [3.63, 3.8) is 0 Å².